The van der Waals surface area contributed by atoms with Crippen LogP contribution in [0.2, 0.25) is 0 Å². The van der Waals surface area contributed by atoms with Gasteiger partial charge in [0.25, 0.3) is 0 Å². The molecule has 4 rings (SSSR count). The van der Waals surface area contributed by atoms with E-state index in [9.17, 15) is 0 Å². The molecule has 2 nitrogen and oxygen atoms in total. The minimum atomic E-state index is 0.427. The zero-order chi connectivity index (χ0) is 17.6. The van der Waals surface area contributed by atoms with Gasteiger partial charge >= 0.3 is 0 Å². The molecule has 1 fully saturated rings. The van der Waals surface area contributed by atoms with Gasteiger partial charge in [-0.1, -0.05) is 43.3 Å². The summed E-state index contributed by atoms with van der Waals surface area (Å²) in [5, 5.41) is 3.87. The van der Waals surface area contributed by atoms with Gasteiger partial charge in [0.1, 0.15) is 0 Å². The first-order valence-corrected chi connectivity index (χ1v) is 9.93. The van der Waals surface area contributed by atoms with Crippen molar-refractivity contribution in [2.45, 2.75) is 70.7 Å². The van der Waals surface area contributed by atoms with Crippen LogP contribution >= 0.6 is 0 Å². The number of nitrogens with one attached hydrogen (secondary N) is 1. The predicted octanol–water partition coefficient (Wildman–Crippen LogP) is 4.08. The Balaban J connectivity index is 1.50. The van der Waals surface area contributed by atoms with Crippen LogP contribution in [0.15, 0.2) is 36.5 Å². The van der Waals surface area contributed by atoms with Crippen molar-refractivity contribution in [2.75, 3.05) is 0 Å². The standard InChI is InChI=1S/C22H31BN2/c1-15(2)19-6-4-5-16-11-21-23(14-20(16)19)13-18(25-21)12-22(3)9-7-17(24)8-10-22/h4-6,13,17,21,25H,1,7-12,14,24H2,2-3H3. The molecular weight excluding hydrogens is 303 g/mol. The highest BCUT2D eigenvalue weighted by Gasteiger charge is 2.38. The average Bonchev–Trinajstić information content (AvgIpc) is 2.95. The van der Waals surface area contributed by atoms with Gasteiger partial charge in [0, 0.05) is 12.0 Å². The van der Waals surface area contributed by atoms with E-state index < -0.39 is 0 Å². The maximum Gasteiger partial charge on any atom is 0.199 e. The predicted molar refractivity (Wildman–Crippen MR) is 108 cm³/mol. The van der Waals surface area contributed by atoms with Crippen LogP contribution in [0.5, 0.6) is 0 Å². The molecule has 0 amide bonds. The van der Waals surface area contributed by atoms with E-state index in [1.807, 2.05) is 0 Å². The lowest BCUT2D eigenvalue weighted by atomic mass is 9.39. The Labute approximate surface area is 153 Å². The Morgan fingerprint density at radius 3 is 2.84 bits per heavy atom. The zero-order valence-electron chi connectivity index (χ0n) is 15.8. The van der Waals surface area contributed by atoms with E-state index in [0.717, 1.165) is 12.7 Å². The number of rotatable bonds is 3. The molecule has 0 aromatic heterocycles. The number of allylic oxidation sites excluding steroid dienone is 2. The van der Waals surface area contributed by atoms with E-state index in [1.54, 1.807) is 0 Å². The number of hydrogen-bond acceptors (Lipinski definition) is 2. The van der Waals surface area contributed by atoms with Crippen molar-refractivity contribution < 1.29 is 0 Å². The summed E-state index contributed by atoms with van der Waals surface area (Å²) in [5.74, 6) is 3.13. The lowest BCUT2D eigenvalue weighted by molar-refractivity contribution is 0.195. The summed E-state index contributed by atoms with van der Waals surface area (Å²) in [6, 6.07) is 7.16. The molecule has 0 spiro atoms. The van der Waals surface area contributed by atoms with E-state index in [0.29, 0.717) is 24.1 Å². The normalized spacial score (nSPS) is 31.0. The van der Waals surface area contributed by atoms with E-state index in [4.69, 9.17) is 5.73 Å². The maximum atomic E-state index is 6.11. The summed E-state index contributed by atoms with van der Waals surface area (Å²) in [6.45, 7) is 9.41. The molecule has 25 heavy (non-hydrogen) atoms. The molecule has 1 aromatic carbocycles. The maximum absolute atomic E-state index is 6.11. The molecule has 1 atom stereocenters. The van der Waals surface area contributed by atoms with Crippen molar-refractivity contribution in [2.24, 2.45) is 11.1 Å². The fraction of sp³-hybridized carbons (Fsp3) is 0.545. The van der Waals surface area contributed by atoms with Crippen LogP contribution in [0.3, 0.4) is 0 Å². The Kier molecular flexibility index (Phi) is 4.31. The molecule has 1 saturated carbocycles. The quantitative estimate of drug-likeness (QED) is 0.817. The van der Waals surface area contributed by atoms with Crippen LogP contribution in [0.1, 0.15) is 62.6 Å². The van der Waals surface area contributed by atoms with E-state index in [2.05, 4.69) is 49.9 Å². The molecule has 3 heteroatoms. The van der Waals surface area contributed by atoms with E-state index in [-0.39, 0.29) is 0 Å². The van der Waals surface area contributed by atoms with Gasteiger partial charge in [-0.15, -0.1) is 0 Å². The van der Waals surface area contributed by atoms with Crippen LogP contribution in [-0.2, 0) is 12.7 Å². The van der Waals surface area contributed by atoms with Crippen LogP contribution in [0.4, 0.5) is 0 Å². The SMILES string of the molecule is C=C(C)c1cccc2c1CB1C=C(CC3(C)CCC(N)CC3)NC1C2. The summed E-state index contributed by atoms with van der Waals surface area (Å²) in [6.07, 6.45) is 8.39. The second kappa shape index (κ2) is 6.35. The van der Waals surface area contributed by atoms with Gasteiger partial charge in [-0.25, -0.2) is 0 Å². The van der Waals surface area contributed by atoms with Crippen LogP contribution in [-0.4, -0.2) is 18.7 Å². The Bertz CT molecular complexity index is 713. The highest BCUT2D eigenvalue weighted by atomic mass is 14.9. The third kappa shape index (κ3) is 3.31. The van der Waals surface area contributed by atoms with Gasteiger partial charge in [0.05, 0.1) is 0 Å². The van der Waals surface area contributed by atoms with Crippen molar-refractivity contribution in [1.82, 2.24) is 5.32 Å². The molecule has 3 aliphatic rings. The lowest BCUT2D eigenvalue weighted by Gasteiger charge is -2.37. The van der Waals surface area contributed by atoms with Gasteiger partial charge in [0.15, 0.2) is 6.71 Å². The first-order valence-electron chi connectivity index (χ1n) is 9.93. The highest BCUT2D eigenvalue weighted by molar-refractivity contribution is 6.67. The number of hydrogen-bond donors (Lipinski definition) is 2. The van der Waals surface area contributed by atoms with Crippen molar-refractivity contribution in [3.8, 4) is 0 Å². The Hall–Kier alpha value is -1.48. The second-order valence-electron chi connectivity index (χ2n) is 9.06. The summed E-state index contributed by atoms with van der Waals surface area (Å²) in [4.78, 5) is 0. The van der Waals surface area contributed by atoms with Crippen molar-refractivity contribution in [1.29, 1.82) is 0 Å². The molecule has 132 valence electrons. The van der Waals surface area contributed by atoms with Crippen molar-refractivity contribution in [3.05, 3.63) is 53.1 Å². The minimum absolute atomic E-state index is 0.427. The summed E-state index contributed by atoms with van der Waals surface area (Å²) < 4.78 is 0. The number of nitrogens with two attached hydrogens (primary N) is 1. The summed E-state index contributed by atoms with van der Waals surface area (Å²) >= 11 is 0. The summed E-state index contributed by atoms with van der Waals surface area (Å²) in [7, 11) is 0. The topological polar surface area (TPSA) is 38.0 Å². The molecule has 2 heterocycles. The molecule has 2 aliphatic heterocycles. The van der Waals surface area contributed by atoms with Gasteiger partial charge in [0.2, 0.25) is 0 Å². The molecule has 0 saturated heterocycles. The third-order valence-corrected chi connectivity index (χ3v) is 6.77. The third-order valence-electron chi connectivity index (χ3n) is 6.77. The fourth-order valence-corrected chi connectivity index (χ4v) is 5.19. The molecular formula is C22H31BN2. The Morgan fingerprint density at radius 2 is 2.12 bits per heavy atom. The van der Waals surface area contributed by atoms with Gasteiger partial charge < -0.3 is 11.1 Å². The average molecular weight is 334 g/mol. The highest BCUT2D eigenvalue weighted by Crippen LogP contribution is 2.41. The van der Waals surface area contributed by atoms with Crippen LogP contribution in [0.25, 0.3) is 5.57 Å². The Morgan fingerprint density at radius 1 is 1.36 bits per heavy atom. The number of benzene rings is 1. The first kappa shape index (κ1) is 17.0. The van der Waals surface area contributed by atoms with E-state index >= 15 is 0 Å². The molecule has 0 bridgehead atoms. The largest absolute Gasteiger partial charge is 0.393 e. The van der Waals surface area contributed by atoms with Gasteiger partial charge in [-0.3, -0.25) is 0 Å². The molecule has 3 N–H and O–H groups in total. The van der Waals surface area contributed by atoms with Crippen molar-refractivity contribution >= 4 is 12.3 Å². The lowest BCUT2D eigenvalue weighted by Crippen LogP contribution is -2.43. The summed E-state index contributed by atoms with van der Waals surface area (Å²) in [5.41, 5.74) is 13.6. The smallest absolute Gasteiger partial charge is 0.199 e. The van der Waals surface area contributed by atoms with Crippen LogP contribution < -0.4 is 11.1 Å². The van der Waals surface area contributed by atoms with E-state index in [1.165, 1.54) is 60.1 Å². The van der Waals surface area contributed by atoms with Crippen molar-refractivity contribution in [3.63, 3.8) is 0 Å². The van der Waals surface area contributed by atoms with Crippen LogP contribution in [0, 0.1) is 5.41 Å². The molecule has 0 radical (unpaired) electrons. The molecule has 1 aliphatic carbocycles. The molecule has 1 aromatic rings. The van der Waals surface area contributed by atoms with Gasteiger partial charge in [-0.2, -0.15) is 0 Å². The van der Waals surface area contributed by atoms with Gasteiger partial charge in [-0.05, 0) is 79.6 Å². The minimum Gasteiger partial charge on any atom is -0.393 e. The zero-order valence-corrected chi connectivity index (χ0v) is 15.8. The second-order valence-corrected chi connectivity index (χ2v) is 9.06. The first-order chi connectivity index (χ1) is 11.9. The monoisotopic (exact) mass is 334 g/mol. The molecule has 1 unspecified atom stereocenters. The number of fused-ring (bicyclic) bond motifs is 2. The fourth-order valence-electron chi connectivity index (χ4n) is 5.19.